The Balaban J connectivity index is 4.12. The number of rotatable bonds is 8. The molecule has 0 spiro atoms. The fourth-order valence-electron chi connectivity index (χ4n) is 1.68. The molecule has 1 unspecified atom stereocenters. The Kier molecular flexibility index (Phi) is 8.02. The van der Waals surface area contributed by atoms with E-state index in [1.54, 1.807) is 7.11 Å². The zero-order valence-electron chi connectivity index (χ0n) is 11.2. The van der Waals surface area contributed by atoms with Crippen LogP contribution in [0.5, 0.6) is 0 Å². The fraction of sp³-hybridized carbons (Fsp3) is 1.00. The summed E-state index contributed by atoms with van der Waals surface area (Å²) in [5, 5.41) is 3.29. The maximum atomic E-state index is 5.19. The van der Waals surface area contributed by atoms with Gasteiger partial charge in [-0.15, -0.1) is 0 Å². The molecule has 0 radical (unpaired) electrons. The predicted molar refractivity (Wildman–Crippen MR) is 66.3 cm³/mol. The van der Waals surface area contributed by atoms with E-state index in [9.17, 15) is 0 Å². The van der Waals surface area contributed by atoms with E-state index in [1.807, 2.05) is 7.05 Å². The van der Waals surface area contributed by atoms with Crippen molar-refractivity contribution in [2.75, 3.05) is 33.9 Å². The maximum absolute atomic E-state index is 5.19. The van der Waals surface area contributed by atoms with Crippen LogP contribution < -0.4 is 5.32 Å². The van der Waals surface area contributed by atoms with Crippen LogP contribution in [0.3, 0.4) is 0 Å². The first-order valence-electron chi connectivity index (χ1n) is 5.91. The molecule has 0 rings (SSSR count). The fourth-order valence-corrected chi connectivity index (χ4v) is 1.68. The van der Waals surface area contributed by atoms with Gasteiger partial charge in [-0.3, -0.25) is 4.90 Å². The van der Waals surface area contributed by atoms with Crippen molar-refractivity contribution in [3.63, 3.8) is 0 Å². The minimum atomic E-state index is 0.427. The maximum Gasteiger partial charge on any atom is 0.0628 e. The van der Waals surface area contributed by atoms with Crippen molar-refractivity contribution >= 4 is 0 Å². The summed E-state index contributed by atoms with van der Waals surface area (Å²) in [5.74, 6) is 0.715. The highest BCUT2D eigenvalue weighted by atomic mass is 16.5. The van der Waals surface area contributed by atoms with E-state index < -0.39 is 0 Å². The van der Waals surface area contributed by atoms with Crippen LogP contribution in [0.1, 0.15) is 27.7 Å². The lowest BCUT2D eigenvalue weighted by Crippen LogP contribution is -2.46. The average molecular weight is 216 g/mol. The van der Waals surface area contributed by atoms with Crippen molar-refractivity contribution in [2.45, 2.75) is 39.8 Å². The van der Waals surface area contributed by atoms with Crippen molar-refractivity contribution in [2.24, 2.45) is 5.92 Å². The molecule has 0 heterocycles. The average Bonchev–Trinajstić information content (AvgIpc) is 2.14. The number of nitrogens with zero attached hydrogens (tertiary/aromatic N) is 1. The molecule has 0 saturated carbocycles. The van der Waals surface area contributed by atoms with Gasteiger partial charge in [-0.05, 0) is 26.8 Å². The summed E-state index contributed by atoms with van der Waals surface area (Å²) in [4.78, 5) is 2.50. The van der Waals surface area contributed by atoms with E-state index >= 15 is 0 Å². The van der Waals surface area contributed by atoms with E-state index in [0.29, 0.717) is 18.0 Å². The molecule has 0 fully saturated rings. The second-order valence-electron chi connectivity index (χ2n) is 4.88. The van der Waals surface area contributed by atoms with Gasteiger partial charge in [0.2, 0.25) is 0 Å². The van der Waals surface area contributed by atoms with Gasteiger partial charge in [0.1, 0.15) is 0 Å². The van der Waals surface area contributed by atoms with Gasteiger partial charge in [0, 0.05) is 32.3 Å². The van der Waals surface area contributed by atoms with Gasteiger partial charge in [0.05, 0.1) is 6.61 Å². The van der Waals surface area contributed by atoms with Crippen LogP contribution in [-0.2, 0) is 4.74 Å². The van der Waals surface area contributed by atoms with Gasteiger partial charge in [-0.2, -0.15) is 0 Å². The Bertz CT molecular complexity index is 149. The molecule has 0 aliphatic carbocycles. The van der Waals surface area contributed by atoms with Crippen LogP contribution in [-0.4, -0.2) is 50.8 Å². The van der Waals surface area contributed by atoms with Crippen molar-refractivity contribution in [1.82, 2.24) is 10.2 Å². The molecule has 0 aliphatic rings. The SMILES string of the molecule is CNC(COC)CN(CC(C)C)C(C)C. The van der Waals surface area contributed by atoms with Gasteiger partial charge >= 0.3 is 0 Å². The zero-order valence-corrected chi connectivity index (χ0v) is 11.2. The molecule has 15 heavy (non-hydrogen) atoms. The Morgan fingerprint density at radius 1 is 1.13 bits per heavy atom. The van der Waals surface area contributed by atoms with Crippen molar-refractivity contribution < 1.29 is 4.74 Å². The lowest BCUT2D eigenvalue weighted by atomic mass is 10.1. The quantitative estimate of drug-likeness (QED) is 0.667. The minimum absolute atomic E-state index is 0.427. The molecule has 0 saturated heterocycles. The summed E-state index contributed by atoms with van der Waals surface area (Å²) in [7, 11) is 3.75. The molecule has 0 aromatic heterocycles. The molecule has 0 aromatic carbocycles. The van der Waals surface area contributed by atoms with Gasteiger partial charge in [-0.1, -0.05) is 13.8 Å². The van der Waals surface area contributed by atoms with Gasteiger partial charge < -0.3 is 10.1 Å². The highest BCUT2D eigenvalue weighted by molar-refractivity contribution is 4.73. The predicted octanol–water partition coefficient (Wildman–Crippen LogP) is 1.59. The molecule has 0 aliphatic heterocycles. The summed E-state index contributed by atoms with van der Waals surface area (Å²) in [6.45, 7) is 12.0. The third-order valence-corrected chi connectivity index (χ3v) is 2.56. The zero-order chi connectivity index (χ0) is 11.8. The molecular weight excluding hydrogens is 188 g/mol. The van der Waals surface area contributed by atoms with E-state index in [1.165, 1.54) is 0 Å². The van der Waals surface area contributed by atoms with Crippen molar-refractivity contribution in [3.05, 3.63) is 0 Å². The molecular formula is C12H28N2O. The minimum Gasteiger partial charge on any atom is -0.383 e. The Morgan fingerprint density at radius 2 is 1.73 bits per heavy atom. The van der Waals surface area contributed by atoms with Crippen LogP contribution >= 0.6 is 0 Å². The van der Waals surface area contributed by atoms with Crippen LogP contribution in [0.2, 0.25) is 0 Å². The number of ether oxygens (including phenoxy) is 1. The van der Waals surface area contributed by atoms with Crippen LogP contribution in [0, 0.1) is 5.92 Å². The Hall–Kier alpha value is -0.120. The molecule has 3 nitrogen and oxygen atoms in total. The lowest BCUT2D eigenvalue weighted by molar-refractivity contribution is 0.121. The summed E-state index contributed by atoms with van der Waals surface area (Å²) in [5.41, 5.74) is 0. The third-order valence-electron chi connectivity index (χ3n) is 2.56. The first-order valence-corrected chi connectivity index (χ1v) is 5.91. The Labute approximate surface area is 95.2 Å². The first kappa shape index (κ1) is 14.9. The standard InChI is InChI=1S/C12H28N2O/c1-10(2)7-14(11(3)4)8-12(13-5)9-15-6/h10-13H,7-9H2,1-6H3. The number of methoxy groups -OCH3 is 1. The molecule has 0 amide bonds. The van der Waals surface area contributed by atoms with E-state index in [2.05, 4.69) is 37.9 Å². The molecule has 3 heteroatoms. The van der Waals surface area contributed by atoms with Crippen LogP contribution in [0.25, 0.3) is 0 Å². The number of nitrogens with one attached hydrogen (secondary N) is 1. The van der Waals surface area contributed by atoms with Crippen molar-refractivity contribution in [1.29, 1.82) is 0 Å². The first-order chi connectivity index (χ1) is 7.01. The molecule has 1 N–H and O–H groups in total. The van der Waals surface area contributed by atoms with Crippen LogP contribution in [0.15, 0.2) is 0 Å². The van der Waals surface area contributed by atoms with E-state index in [-0.39, 0.29) is 0 Å². The highest BCUT2D eigenvalue weighted by Crippen LogP contribution is 2.05. The van der Waals surface area contributed by atoms with E-state index in [4.69, 9.17) is 4.74 Å². The number of hydrogen-bond donors (Lipinski definition) is 1. The lowest BCUT2D eigenvalue weighted by Gasteiger charge is -2.31. The van der Waals surface area contributed by atoms with Gasteiger partial charge in [0.15, 0.2) is 0 Å². The largest absolute Gasteiger partial charge is 0.383 e. The topological polar surface area (TPSA) is 24.5 Å². The summed E-state index contributed by atoms with van der Waals surface area (Å²) < 4.78 is 5.19. The number of likely N-dealkylation sites (N-methyl/N-ethyl adjacent to an activating group) is 1. The van der Waals surface area contributed by atoms with E-state index in [0.717, 1.165) is 19.7 Å². The van der Waals surface area contributed by atoms with Crippen LogP contribution in [0.4, 0.5) is 0 Å². The van der Waals surface area contributed by atoms with Gasteiger partial charge in [-0.25, -0.2) is 0 Å². The molecule has 0 bridgehead atoms. The Morgan fingerprint density at radius 3 is 2.07 bits per heavy atom. The second kappa shape index (κ2) is 8.08. The summed E-state index contributed by atoms with van der Waals surface area (Å²) in [6, 6.07) is 1.02. The third kappa shape index (κ3) is 6.88. The summed E-state index contributed by atoms with van der Waals surface area (Å²) >= 11 is 0. The molecule has 0 aromatic rings. The second-order valence-corrected chi connectivity index (χ2v) is 4.88. The van der Waals surface area contributed by atoms with Crippen molar-refractivity contribution in [3.8, 4) is 0 Å². The highest BCUT2D eigenvalue weighted by Gasteiger charge is 2.16. The summed E-state index contributed by atoms with van der Waals surface area (Å²) in [6.07, 6.45) is 0. The molecule has 1 atom stereocenters. The normalized spacial score (nSPS) is 14.2. The number of hydrogen-bond acceptors (Lipinski definition) is 3. The molecule has 92 valence electrons. The monoisotopic (exact) mass is 216 g/mol. The smallest absolute Gasteiger partial charge is 0.0628 e. The van der Waals surface area contributed by atoms with Gasteiger partial charge in [0.25, 0.3) is 0 Å².